The van der Waals surface area contributed by atoms with E-state index in [2.05, 4.69) is 41.5 Å². The van der Waals surface area contributed by atoms with Crippen molar-refractivity contribution in [2.75, 3.05) is 0 Å². The Hall–Kier alpha value is -0.0500. The SMILES string of the molecule is CCC(C(C)C)C(C)S(=O)(=O)C(C)C(CC)C(C)C. The molecule has 0 rings (SSSR count). The maximum atomic E-state index is 12.8. The minimum Gasteiger partial charge on any atom is -0.228 e. The Bertz CT molecular complexity index is 316. The summed E-state index contributed by atoms with van der Waals surface area (Å²) in [4.78, 5) is 0. The van der Waals surface area contributed by atoms with Crippen LogP contribution in [0.25, 0.3) is 0 Å². The third-order valence-corrected chi connectivity index (χ3v) is 7.67. The van der Waals surface area contributed by atoms with E-state index in [9.17, 15) is 8.42 Å². The quantitative estimate of drug-likeness (QED) is 0.657. The predicted molar refractivity (Wildman–Crippen MR) is 85.1 cm³/mol. The molecule has 0 heterocycles. The van der Waals surface area contributed by atoms with Gasteiger partial charge >= 0.3 is 0 Å². The largest absolute Gasteiger partial charge is 0.228 e. The Morgan fingerprint density at radius 3 is 1.11 bits per heavy atom. The second kappa shape index (κ2) is 7.66. The van der Waals surface area contributed by atoms with Gasteiger partial charge in [0, 0.05) is 0 Å². The van der Waals surface area contributed by atoms with Crippen LogP contribution in [0.15, 0.2) is 0 Å². The molecule has 3 heteroatoms. The third-order valence-electron chi connectivity index (χ3n) is 4.90. The summed E-state index contributed by atoms with van der Waals surface area (Å²) in [6, 6.07) is 0. The van der Waals surface area contributed by atoms with Crippen molar-refractivity contribution in [2.24, 2.45) is 23.7 Å². The third kappa shape index (κ3) is 4.47. The second-order valence-electron chi connectivity index (χ2n) is 6.63. The highest BCUT2D eigenvalue weighted by Crippen LogP contribution is 2.32. The zero-order valence-corrected chi connectivity index (χ0v) is 14.9. The van der Waals surface area contributed by atoms with E-state index in [0.717, 1.165) is 12.8 Å². The second-order valence-corrected chi connectivity index (χ2v) is 9.30. The van der Waals surface area contributed by atoms with Crippen molar-refractivity contribution in [1.82, 2.24) is 0 Å². The molecule has 0 N–H and O–H groups in total. The Balaban J connectivity index is 5.25. The molecule has 0 bridgehead atoms. The number of hydrogen-bond acceptors (Lipinski definition) is 2. The van der Waals surface area contributed by atoms with Gasteiger partial charge in [-0.3, -0.25) is 0 Å². The van der Waals surface area contributed by atoms with E-state index >= 15 is 0 Å². The first-order valence-corrected chi connectivity index (χ1v) is 9.44. The highest BCUT2D eigenvalue weighted by molar-refractivity contribution is 7.92. The summed E-state index contributed by atoms with van der Waals surface area (Å²) in [6.45, 7) is 16.5. The van der Waals surface area contributed by atoms with Crippen molar-refractivity contribution >= 4 is 9.84 Å². The van der Waals surface area contributed by atoms with Crippen LogP contribution in [0.3, 0.4) is 0 Å². The van der Waals surface area contributed by atoms with Gasteiger partial charge in [0.1, 0.15) is 0 Å². The molecular formula is C16H34O2S. The first kappa shape index (κ1) is 18.9. The first-order valence-electron chi connectivity index (χ1n) is 7.83. The van der Waals surface area contributed by atoms with Crippen LogP contribution in [-0.2, 0) is 9.84 Å². The molecule has 0 aliphatic heterocycles. The Labute approximate surface area is 121 Å². The normalized spacial score (nSPS) is 19.5. The molecule has 0 saturated heterocycles. The maximum absolute atomic E-state index is 12.8. The number of hydrogen-bond donors (Lipinski definition) is 0. The van der Waals surface area contributed by atoms with Gasteiger partial charge in [-0.05, 0) is 37.5 Å². The minimum absolute atomic E-state index is 0.236. The minimum atomic E-state index is -3.05. The molecule has 19 heavy (non-hydrogen) atoms. The lowest BCUT2D eigenvalue weighted by atomic mass is 9.90. The standard InChI is InChI=1S/C16H34O2S/c1-9-15(11(3)4)13(7)19(17,18)14(8)16(10-2)12(5)6/h11-16H,9-10H2,1-8H3. The molecule has 0 saturated carbocycles. The van der Waals surface area contributed by atoms with E-state index < -0.39 is 9.84 Å². The fourth-order valence-corrected chi connectivity index (χ4v) is 6.18. The zero-order chi connectivity index (χ0) is 15.4. The lowest BCUT2D eigenvalue weighted by Crippen LogP contribution is -2.40. The highest BCUT2D eigenvalue weighted by Gasteiger charge is 2.38. The number of rotatable bonds is 8. The van der Waals surface area contributed by atoms with E-state index in [1.807, 2.05) is 13.8 Å². The van der Waals surface area contributed by atoms with Gasteiger partial charge in [-0.15, -0.1) is 0 Å². The van der Waals surface area contributed by atoms with Gasteiger partial charge in [-0.1, -0.05) is 54.4 Å². The smallest absolute Gasteiger partial charge is 0.156 e. The van der Waals surface area contributed by atoms with E-state index in [-0.39, 0.29) is 22.3 Å². The maximum Gasteiger partial charge on any atom is 0.156 e. The predicted octanol–water partition coefficient (Wildman–Crippen LogP) is 4.54. The molecule has 0 aromatic rings. The van der Waals surface area contributed by atoms with E-state index in [1.165, 1.54) is 0 Å². The summed E-state index contributed by atoms with van der Waals surface area (Å²) >= 11 is 0. The fraction of sp³-hybridized carbons (Fsp3) is 1.00. The molecule has 0 radical (unpaired) electrons. The highest BCUT2D eigenvalue weighted by atomic mass is 32.2. The number of sulfone groups is 1. The molecule has 4 atom stereocenters. The van der Waals surface area contributed by atoms with Crippen molar-refractivity contribution in [3.05, 3.63) is 0 Å². The van der Waals surface area contributed by atoms with Gasteiger partial charge in [-0.25, -0.2) is 8.42 Å². The van der Waals surface area contributed by atoms with Gasteiger partial charge in [0.05, 0.1) is 10.5 Å². The average molecular weight is 291 g/mol. The Morgan fingerprint density at radius 2 is 0.947 bits per heavy atom. The van der Waals surface area contributed by atoms with Crippen molar-refractivity contribution < 1.29 is 8.42 Å². The molecular weight excluding hydrogens is 256 g/mol. The summed E-state index contributed by atoms with van der Waals surface area (Å²) in [5.41, 5.74) is 0. The van der Waals surface area contributed by atoms with E-state index in [0.29, 0.717) is 11.8 Å². The average Bonchev–Trinajstić information content (AvgIpc) is 2.29. The molecule has 0 amide bonds. The van der Waals surface area contributed by atoms with Crippen LogP contribution in [0.4, 0.5) is 0 Å². The zero-order valence-electron chi connectivity index (χ0n) is 14.1. The van der Waals surface area contributed by atoms with E-state index in [4.69, 9.17) is 0 Å². The van der Waals surface area contributed by atoms with Crippen LogP contribution < -0.4 is 0 Å². The van der Waals surface area contributed by atoms with Gasteiger partial charge in [0.15, 0.2) is 9.84 Å². The van der Waals surface area contributed by atoms with Crippen LogP contribution in [0.1, 0.15) is 68.2 Å². The van der Waals surface area contributed by atoms with Crippen LogP contribution in [0.2, 0.25) is 0 Å². The van der Waals surface area contributed by atoms with Crippen molar-refractivity contribution in [1.29, 1.82) is 0 Å². The topological polar surface area (TPSA) is 34.1 Å². The summed E-state index contributed by atoms with van der Waals surface area (Å²) in [5, 5.41) is -0.472. The molecule has 0 aromatic heterocycles. The molecule has 0 fully saturated rings. The van der Waals surface area contributed by atoms with Crippen LogP contribution in [0.5, 0.6) is 0 Å². The molecule has 0 aliphatic carbocycles. The Morgan fingerprint density at radius 1 is 0.684 bits per heavy atom. The molecule has 0 aromatic carbocycles. The summed E-state index contributed by atoms with van der Waals surface area (Å²) in [6.07, 6.45) is 1.87. The van der Waals surface area contributed by atoms with Crippen molar-refractivity contribution in [3.63, 3.8) is 0 Å². The van der Waals surface area contributed by atoms with Crippen molar-refractivity contribution in [3.8, 4) is 0 Å². The van der Waals surface area contributed by atoms with Gasteiger partial charge in [0.2, 0.25) is 0 Å². The van der Waals surface area contributed by atoms with Gasteiger partial charge < -0.3 is 0 Å². The molecule has 4 unspecified atom stereocenters. The monoisotopic (exact) mass is 290 g/mol. The molecule has 0 spiro atoms. The molecule has 0 aliphatic rings. The lowest BCUT2D eigenvalue weighted by Gasteiger charge is -2.33. The Kier molecular flexibility index (Phi) is 7.64. The fourth-order valence-electron chi connectivity index (χ4n) is 3.52. The lowest BCUT2D eigenvalue weighted by molar-refractivity contribution is 0.337. The summed E-state index contributed by atoms with van der Waals surface area (Å²) in [5.74, 6) is 1.36. The van der Waals surface area contributed by atoms with Crippen molar-refractivity contribution in [2.45, 2.75) is 78.7 Å². The van der Waals surface area contributed by atoms with Crippen LogP contribution in [0, 0.1) is 23.7 Å². The first-order chi connectivity index (χ1) is 8.61. The van der Waals surface area contributed by atoms with Gasteiger partial charge in [0.25, 0.3) is 0 Å². The molecule has 2 nitrogen and oxygen atoms in total. The van der Waals surface area contributed by atoms with Crippen LogP contribution >= 0.6 is 0 Å². The summed E-state index contributed by atoms with van der Waals surface area (Å²) < 4.78 is 25.7. The van der Waals surface area contributed by atoms with E-state index in [1.54, 1.807) is 0 Å². The summed E-state index contributed by atoms with van der Waals surface area (Å²) in [7, 11) is -3.05. The molecule has 116 valence electrons. The van der Waals surface area contributed by atoms with Crippen LogP contribution in [-0.4, -0.2) is 18.9 Å². The van der Waals surface area contributed by atoms with Gasteiger partial charge in [-0.2, -0.15) is 0 Å².